The Labute approximate surface area is 133 Å². The van der Waals surface area contributed by atoms with Crippen LogP contribution in [0, 0.1) is 0 Å². The number of rotatable bonds is 3. The van der Waals surface area contributed by atoms with Gasteiger partial charge in [-0.15, -0.1) is 16.4 Å². The first kappa shape index (κ1) is 13.6. The summed E-state index contributed by atoms with van der Waals surface area (Å²) in [6, 6.07) is 11.1. The molecule has 2 N–H and O–H groups in total. The van der Waals surface area contributed by atoms with Crippen LogP contribution in [-0.2, 0) is 6.54 Å². The molecule has 4 rings (SSSR count). The summed E-state index contributed by atoms with van der Waals surface area (Å²) in [5, 5.41) is 12.5. The van der Waals surface area contributed by atoms with Crippen LogP contribution < -0.4 is 10.9 Å². The minimum absolute atomic E-state index is 0.0218. The zero-order valence-corrected chi connectivity index (χ0v) is 12.6. The van der Waals surface area contributed by atoms with Crippen LogP contribution in [0.5, 0.6) is 0 Å². The molecule has 0 radical (unpaired) electrons. The van der Waals surface area contributed by atoms with Gasteiger partial charge in [-0.1, -0.05) is 23.4 Å². The molecule has 23 heavy (non-hydrogen) atoms. The van der Waals surface area contributed by atoms with Crippen molar-refractivity contribution in [2.45, 2.75) is 6.54 Å². The molecule has 1 amide bonds. The molecule has 3 heterocycles. The summed E-state index contributed by atoms with van der Waals surface area (Å²) in [4.78, 5) is 28.4. The molecule has 7 nitrogen and oxygen atoms in total. The zero-order chi connectivity index (χ0) is 15.8. The molecule has 0 bridgehead atoms. The molecule has 1 aromatic carbocycles. The number of hydrogen-bond acceptors (Lipinski definition) is 5. The molecule has 0 aliphatic heterocycles. The number of H-pyrrole nitrogens is 1. The number of aromatic nitrogens is 4. The maximum atomic E-state index is 12.3. The second kappa shape index (κ2) is 5.33. The molecule has 0 aliphatic carbocycles. The highest BCUT2D eigenvalue weighted by molar-refractivity contribution is 7.09. The number of aromatic amines is 1. The van der Waals surface area contributed by atoms with Crippen LogP contribution in [0.4, 0.5) is 0 Å². The van der Waals surface area contributed by atoms with Gasteiger partial charge < -0.3 is 10.3 Å². The lowest BCUT2D eigenvalue weighted by molar-refractivity contribution is 0.0948. The highest BCUT2D eigenvalue weighted by Gasteiger charge is 2.19. The Hall–Kier alpha value is -3.00. The van der Waals surface area contributed by atoms with Crippen molar-refractivity contribution < 1.29 is 4.79 Å². The molecule has 0 saturated heterocycles. The van der Waals surface area contributed by atoms with Crippen LogP contribution in [-0.4, -0.2) is 25.7 Å². The summed E-state index contributed by atoms with van der Waals surface area (Å²) in [5.41, 5.74) is 1.10. The third-order valence-corrected chi connectivity index (χ3v) is 4.36. The first-order valence-electron chi connectivity index (χ1n) is 6.91. The number of para-hydroxylation sites is 2. The Morgan fingerprint density at radius 2 is 2.13 bits per heavy atom. The molecule has 0 saturated carbocycles. The molecule has 3 aromatic heterocycles. The fourth-order valence-corrected chi connectivity index (χ4v) is 3.06. The van der Waals surface area contributed by atoms with Crippen LogP contribution in [0.1, 0.15) is 15.4 Å². The standard InChI is InChI=1S/C15H11N5O2S/c21-14(16-8-9-4-3-7-23-9)12-13-15(22)17-10-5-1-2-6-11(10)20(13)19-18-12/h1-7H,8H2,(H,16,21)(H,17,22). The van der Waals surface area contributed by atoms with E-state index < -0.39 is 11.5 Å². The molecule has 0 atom stereocenters. The Balaban J connectivity index is 1.77. The third-order valence-electron chi connectivity index (χ3n) is 3.48. The molecule has 8 heteroatoms. The average molecular weight is 325 g/mol. The van der Waals surface area contributed by atoms with E-state index in [1.165, 1.54) is 4.52 Å². The fraction of sp³-hybridized carbons (Fsp3) is 0.0667. The predicted octanol–water partition coefficient (Wildman–Crippen LogP) is 1.56. The molecule has 0 fully saturated rings. The summed E-state index contributed by atoms with van der Waals surface area (Å²) < 4.78 is 1.40. The maximum Gasteiger partial charge on any atom is 0.277 e. The molecule has 114 valence electrons. The van der Waals surface area contributed by atoms with E-state index in [1.54, 1.807) is 23.5 Å². The van der Waals surface area contributed by atoms with Gasteiger partial charge in [0.1, 0.15) is 0 Å². The second-order valence-electron chi connectivity index (χ2n) is 4.93. The minimum atomic E-state index is -0.422. The summed E-state index contributed by atoms with van der Waals surface area (Å²) in [7, 11) is 0. The first-order valence-corrected chi connectivity index (χ1v) is 7.79. The number of carbonyl (C=O) groups is 1. The Morgan fingerprint density at radius 3 is 2.96 bits per heavy atom. The van der Waals surface area contributed by atoms with E-state index in [2.05, 4.69) is 20.6 Å². The van der Waals surface area contributed by atoms with E-state index >= 15 is 0 Å². The van der Waals surface area contributed by atoms with Gasteiger partial charge in [0.15, 0.2) is 11.2 Å². The smallest absolute Gasteiger partial charge is 0.277 e. The van der Waals surface area contributed by atoms with Crippen molar-refractivity contribution in [2.24, 2.45) is 0 Å². The maximum absolute atomic E-state index is 12.3. The van der Waals surface area contributed by atoms with Crippen molar-refractivity contribution in [1.29, 1.82) is 0 Å². The van der Waals surface area contributed by atoms with Gasteiger partial charge in [-0.3, -0.25) is 9.59 Å². The lowest BCUT2D eigenvalue weighted by atomic mass is 10.3. The number of fused-ring (bicyclic) bond motifs is 3. The topological polar surface area (TPSA) is 92.2 Å². The SMILES string of the molecule is O=C(NCc1cccs1)c1nnn2c1c(=O)[nH]c1ccccc12. The highest BCUT2D eigenvalue weighted by atomic mass is 32.1. The Morgan fingerprint density at radius 1 is 1.26 bits per heavy atom. The number of benzene rings is 1. The van der Waals surface area contributed by atoms with Crippen molar-refractivity contribution in [3.8, 4) is 0 Å². The predicted molar refractivity (Wildman–Crippen MR) is 86.6 cm³/mol. The normalized spacial score (nSPS) is 11.1. The fourth-order valence-electron chi connectivity index (χ4n) is 2.42. The van der Waals surface area contributed by atoms with Crippen LogP contribution in [0.25, 0.3) is 16.6 Å². The van der Waals surface area contributed by atoms with E-state index in [0.29, 0.717) is 17.6 Å². The monoisotopic (exact) mass is 325 g/mol. The van der Waals surface area contributed by atoms with Crippen molar-refractivity contribution in [1.82, 2.24) is 25.1 Å². The lowest BCUT2D eigenvalue weighted by Gasteiger charge is -2.02. The van der Waals surface area contributed by atoms with E-state index in [4.69, 9.17) is 0 Å². The van der Waals surface area contributed by atoms with E-state index in [-0.39, 0.29) is 11.2 Å². The highest BCUT2D eigenvalue weighted by Crippen LogP contribution is 2.13. The van der Waals surface area contributed by atoms with Crippen LogP contribution in [0.2, 0.25) is 0 Å². The summed E-state index contributed by atoms with van der Waals surface area (Å²) in [5.74, 6) is -0.422. The molecular weight excluding hydrogens is 314 g/mol. The van der Waals surface area contributed by atoms with E-state index in [0.717, 1.165) is 4.88 Å². The first-order chi connectivity index (χ1) is 11.2. The van der Waals surface area contributed by atoms with Crippen molar-refractivity contribution in [2.75, 3.05) is 0 Å². The zero-order valence-electron chi connectivity index (χ0n) is 11.8. The Kier molecular flexibility index (Phi) is 3.16. The number of hydrogen-bond donors (Lipinski definition) is 2. The summed E-state index contributed by atoms with van der Waals surface area (Å²) >= 11 is 1.55. The van der Waals surface area contributed by atoms with Gasteiger partial charge >= 0.3 is 0 Å². The number of carbonyl (C=O) groups excluding carboxylic acids is 1. The molecule has 0 aliphatic rings. The van der Waals surface area contributed by atoms with Crippen LogP contribution >= 0.6 is 11.3 Å². The van der Waals surface area contributed by atoms with Gasteiger partial charge in [-0.05, 0) is 23.6 Å². The van der Waals surface area contributed by atoms with Gasteiger partial charge in [0.2, 0.25) is 0 Å². The van der Waals surface area contributed by atoms with Crippen LogP contribution in [0.15, 0.2) is 46.6 Å². The molecule has 0 unspecified atom stereocenters. The van der Waals surface area contributed by atoms with Gasteiger partial charge in [-0.2, -0.15) is 0 Å². The largest absolute Gasteiger partial charge is 0.346 e. The number of nitrogens with zero attached hydrogens (tertiary/aromatic N) is 3. The van der Waals surface area contributed by atoms with Crippen molar-refractivity contribution in [3.63, 3.8) is 0 Å². The van der Waals surface area contributed by atoms with Crippen molar-refractivity contribution >= 4 is 33.8 Å². The van der Waals surface area contributed by atoms with Gasteiger partial charge in [0, 0.05) is 4.88 Å². The lowest BCUT2D eigenvalue weighted by Crippen LogP contribution is -2.24. The minimum Gasteiger partial charge on any atom is -0.346 e. The number of amides is 1. The van der Waals surface area contributed by atoms with Gasteiger partial charge in [0.05, 0.1) is 17.6 Å². The van der Waals surface area contributed by atoms with Gasteiger partial charge in [-0.25, -0.2) is 4.52 Å². The van der Waals surface area contributed by atoms with Crippen LogP contribution in [0.3, 0.4) is 0 Å². The third kappa shape index (κ3) is 2.29. The number of thiophene rings is 1. The molecule has 4 aromatic rings. The number of nitrogens with one attached hydrogen (secondary N) is 2. The van der Waals surface area contributed by atoms with E-state index in [9.17, 15) is 9.59 Å². The van der Waals surface area contributed by atoms with Gasteiger partial charge in [0.25, 0.3) is 11.5 Å². The average Bonchev–Trinajstić information content (AvgIpc) is 3.22. The van der Waals surface area contributed by atoms with E-state index in [1.807, 2.05) is 29.6 Å². The second-order valence-corrected chi connectivity index (χ2v) is 5.96. The summed E-state index contributed by atoms with van der Waals surface area (Å²) in [6.07, 6.45) is 0. The molecule has 0 spiro atoms. The quantitative estimate of drug-likeness (QED) is 0.598. The Bertz CT molecular complexity index is 1060. The molecular formula is C15H11N5O2S. The summed E-state index contributed by atoms with van der Waals surface area (Å²) in [6.45, 7) is 0.390. The van der Waals surface area contributed by atoms with Crippen molar-refractivity contribution in [3.05, 3.63) is 62.7 Å².